The van der Waals surface area contributed by atoms with Crippen LogP contribution in [0.2, 0.25) is 0 Å². The topological polar surface area (TPSA) is 33.2 Å². The second-order valence-electron chi connectivity index (χ2n) is 4.24. The van der Waals surface area contributed by atoms with Crippen molar-refractivity contribution in [3.63, 3.8) is 0 Å². The highest BCUT2D eigenvalue weighted by molar-refractivity contribution is 7.13. The minimum Gasteiger partial charge on any atom is -0.309 e. The average molecular weight is 240 g/mol. The fourth-order valence-corrected chi connectivity index (χ4v) is 2.50. The Morgan fingerprint density at radius 3 is 2.56 bits per heavy atom. The summed E-state index contributed by atoms with van der Waals surface area (Å²) in [6, 6.07) is 0. The summed E-state index contributed by atoms with van der Waals surface area (Å²) < 4.78 is 0. The lowest BCUT2D eigenvalue weighted by Gasteiger charge is -2.06. The van der Waals surface area contributed by atoms with E-state index < -0.39 is 0 Å². The van der Waals surface area contributed by atoms with Crippen LogP contribution < -0.4 is 0 Å². The molecule has 0 atom stereocenters. The quantitative estimate of drug-likeness (QED) is 0.716. The molecule has 0 N–H and O–H groups in total. The fourth-order valence-electron chi connectivity index (χ4n) is 1.51. The van der Waals surface area contributed by atoms with Crippen molar-refractivity contribution < 1.29 is 4.79 Å². The van der Waals surface area contributed by atoms with Gasteiger partial charge in [0.05, 0.1) is 15.6 Å². The Hall–Kier alpha value is -0.740. The SMILES string of the molecule is CCCc1nc(CCN(C)C)sc1C(C)=O. The second-order valence-corrected chi connectivity index (χ2v) is 5.33. The van der Waals surface area contributed by atoms with Crippen LogP contribution in [-0.2, 0) is 12.8 Å². The summed E-state index contributed by atoms with van der Waals surface area (Å²) >= 11 is 1.56. The van der Waals surface area contributed by atoms with E-state index in [1.54, 1.807) is 18.3 Å². The van der Waals surface area contributed by atoms with Crippen LogP contribution in [0.5, 0.6) is 0 Å². The van der Waals surface area contributed by atoms with Crippen LogP contribution in [0.4, 0.5) is 0 Å². The Balaban J connectivity index is 2.79. The number of carbonyl (C=O) groups is 1. The number of aryl methyl sites for hydroxylation is 1. The Morgan fingerprint density at radius 2 is 2.06 bits per heavy atom. The van der Waals surface area contributed by atoms with Gasteiger partial charge < -0.3 is 4.90 Å². The summed E-state index contributed by atoms with van der Waals surface area (Å²) in [7, 11) is 4.10. The van der Waals surface area contributed by atoms with E-state index >= 15 is 0 Å². The Morgan fingerprint density at radius 1 is 1.38 bits per heavy atom. The molecule has 90 valence electrons. The van der Waals surface area contributed by atoms with Crippen molar-refractivity contribution in [3.05, 3.63) is 15.6 Å². The number of aromatic nitrogens is 1. The maximum atomic E-state index is 11.5. The minimum absolute atomic E-state index is 0.150. The summed E-state index contributed by atoms with van der Waals surface area (Å²) in [6.45, 7) is 4.72. The number of carbonyl (C=O) groups excluding carboxylic acids is 1. The smallest absolute Gasteiger partial charge is 0.171 e. The first-order valence-electron chi connectivity index (χ1n) is 5.68. The van der Waals surface area contributed by atoms with E-state index in [1.165, 1.54) is 0 Å². The maximum Gasteiger partial charge on any atom is 0.171 e. The summed E-state index contributed by atoms with van der Waals surface area (Å²) in [5.41, 5.74) is 0.994. The third kappa shape index (κ3) is 3.68. The van der Waals surface area contributed by atoms with Crippen molar-refractivity contribution in [3.8, 4) is 0 Å². The number of ketones is 1. The molecule has 1 aromatic heterocycles. The summed E-state index contributed by atoms with van der Waals surface area (Å²) in [5.74, 6) is 0.150. The van der Waals surface area contributed by atoms with Gasteiger partial charge in [-0.05, 0) is 20.5 Å². The number of rotatable bonds is 6. The second kappa shape index (κ2) is 6.11. The molecule has 0 spiro atoms. The van der Waals surface area contributed by atoms with Crippen LogP contribution in [0.1, 0.15) is 40.6 Å². The number of nitrogens with zero attached hydrogens (tertiary/aromatic N) is 2. The third-order valence-electron chi connectivity index (χ3n) is 2.32. The van der Waals surface area contributed by atoms with Gasteiger partial charge in [-0.1, -0.05) is 13.3 Å². The average Bonchev–Trinajstić information content (AvgIpc) is 2.59. The molecule has 1 heterocycles. The van der Waals surface area contributed by atoms with Gasteiger partial charge >= 0.3 is 0 Å². The molecule has 3 nitrogen and oxygen atoms in total. The van der Waals surface area contributed by atoms with E-state index in [1.807, 2.05) is 14.1 Å². The van der Waals surface area contributed by atoms with Gasteiger partial charge in [-0.3, -0.25) is 4.79 Å². The van der Waals surface area contributed by atoms with Crippen LogP contribution >= 0.6 is 11.3 Å². The molecule has 0 saturated carbocycles. The molecule has 0 aliphatic heterocycles. The van der Waals surface area contributed by atoms with Gasteiger partial charge in [0.25, 0.3) is 0 Å². The van der Waals surface area contributed by atoms with E-state index in [4.69, 9.17) is 0 Å². The molecule has 0 bridgehead atoms. The highest BCUT2D eigenvalue weighted by Crippen LogP contribution is 2.21. The molecule has 4 heteroatoms. The number of thiazole rings is 1. The lowest BCUT2D eigenvalue weighted by Crippen LogP contribution is -2.14. The van der Waals surface area contributed by atoms with Gasteiger partial charge in [0, 0.05) is 19.9 Å². The molecule has 0 saturated heterocycles. The van der Waals surface area contributed by atoms with Crippen LogP contribution in [0.15, 0.2) is 0 Å². The van der Waals surface area contributed by atoms with E-state index in [0.29, 0.717) is 0 Å². The number of Topliss-reactive ketones (excluding diaryl/α,β-unsaturated/α-hetero) is 1. The zero-order chi connectivity index (χ0) is 12.1. The molecule has 1 rings (SSSR count). The summed E-state index contributed by atoms with van der Waals surface area (Å²) in [6.07, 6.45) is 2.88. The van der Waals surface area contributed by atoms with Crippen LogP contribution in [0.25, 0.3) is 0 Å². The molecular weight excluding hydrogens is 220 g/mol. The van der Waals surface area contributed by atoms with E-state index in [-0.39, 0.29) is 5.78 Å². The largest absolute Gasteiger partial charge is 0.309 e. The normalized spacial score (nSPS) is 11.1. The molecule has 0 aromatic carbocycles. The van der Waals surface area contributed by atoms with Crippen molar-refractivity contribution in [1.82, 2.24) is 9.88 Å². The Bertz CT molecular complexity index is 358. The van der Waals surface area contributed by atoms with E-state index in [0.717, 1.165) is 41.4 Å². The van der Waals surface area contributed by atoms with Crippen molar-refractivity contribution in [2.24, 2.45) is 0 Å². The van der Waals surface area contributed by atoms with Crippen molar-refractivity contribution in [2.45, 2.75) is 33.1 Å². The molecule has 0 amide bonds. The molecule has 0 fully saturated rings. The highest BCUT2D eigenvalue weighted by Gasteiger charge is 2.13. The summed E-state index contributed by atoms with van der Waals surface area (Å²) in [4.78, 5) is 19.0. The van der Waals surface area contributed by atoms with Crippen LogP contribution in [0.3, 0.4) is 0 Å². The lowest BCUT2D eigenvalue weighted by molar-refractivity contribution is 0.102. The van der Waals surface area contributed by atoms with Gasteiger partial charge in [0.1, 0.15) is 0 Å². The van der Waals surface area contributed by atoms with Gasteiger partial charge in [-0.15, -0.1) is 11.3 Å². The highest BCUT2D eigenvalue weighted by atomic mass is 32.1. The monoisotopic (exact) mass is 240 g/mol. The Kier molecular flexibility index (Phi) is 5.09. The van der Waals surface area contributed by atoms with Gasteiger partial charge in [-0.2, -0.15) is 0 Å². The first-order chi connectivity index (χ1) is 7.54. The molecular formula is C12H20N2OS. The first-order valence-corrected chi connectivity index (χ1v) is 6.50. The predicted octanol–water partition coefficient (Wildman–Crippen LogP) is 2.40. The zero-order valence-corrected chi connectivity index (χ0v) is 11.4. The third-order valence-corrected chi connectivity index (χ3v) is 3.58. The molecule has 16 heavy (non-hydrogen) atoms. The van der Waals surface area contributed by atoms with Crippen molar-refractivity contribution >= 4 is 17.1 Å². The van der Waals surface area contributed by atoms with E-state index in [2.05, 4.69) is 16.8 Å². The summed E-state index contributed by atoms with van der Waals surface area (Å²) in [5, 5.41) is 1.09. The minimum atomic E-state index is 0.150. The predicted molar refractivity (Wildman–Crippen MR) is 68.4 cm³/mol. The number of hydrogen-bond acceptors (Lipinski definition) is 4. The van der Waals surface area contributed by atoms with Gasteiger partial charge in [0.2, 0.25) is 0 Å². The van der Waals surface area contributed by atoms with Gasteiger partial charge in [0.15, 0.2) is 5.78 Å². The van der Waals surface area contributed by atoms with Crippen LogP contribution in [0, 0.1) is 0 Å². The number of likely N-dealkylation sites (N-methyl/N-ethyl adjacent to an activating group) is 1. The Labute approximate surface area is 101 Å². The molecule has 0 unspecified atom stereocenters. The standard InChI is InChI=1S/C12H20N2OS/c1-5-6-10-12(9(2)15)16-11(13-10)7-8-14(3)4/h5-8H2,1-4H3. The van der Waals surface area contributed by atoms with Gasteiger partial charge in [-0.25, -0.2) is 4.98 Å². The molecule has 0 aliphatic carbocycles. The van der Waals surface area contributed by atoms with E-state index in [9.17, 15) is 4.79 Å². The molecule has 0 aliphatic rings. The zero-order valence-electron chi connectivity index (χ0n) is 10.5. The lowest BCUT2D eigenvalue weighted by atomic mass is 10.2. The van der Waals surface area contributed by atoms with Crippen LogP contribution in [-0.4, -0.2) is 36.3 Å². The molecule has 1 aromatic rings. The first kappa shape index (κ1) is 13.3. The van der Waals surface area contributed by atoms with Crippen molar-refractivity contribution in [1.29, 1.82) is 0 Å². The number of hydrogen-bond donors (Lipinski definition) is 0. The molecule has 0 radical (unpaired) electrons. The fraction of sp³-hybridized carbons (Fsp3) is 0.667. The van der Waals surface area contributed by atoms with Crippen molar-refractivity contribution in [2.75, 3.05) is 20.6 Å². The maximum absolute atomic E-state index is 11.5.